The molecule has 0 N–H and O–H groups in total. The highest BCUT2D eigenvalue weighted by molar-refractivity contribution is 4.89. The molecule has 2 radical (unpaired) electrons. The lowest BCUT2D eigenvalue weighted by Crippen LogP contribution is -2.07. The lowest BCUT2D eigenvalue weighted by atomic mass is 10.0. The predicted molar refractivity (Wildman–Crippen MR) is 60.8 cm³/mol. The number of unbranched alkanes of at least 4 members (excludes halogenated alkanes) is 2. The molecule has 0 aromatic carbocycles. The highest BCUT2D eigenvalue weighted by atomic mass is 16.5. The van der Waals surface area contributed by atoms with Crippen LogP contribution >= 0.6 is 0 Å². The van der Waals surface area contributed by atoms with Crippen LogP contribution in [0.2, 0.25) is 0 Å². The minimum Gasteiger partial charge on any atom is -0.381 e. The molecule has 0 saturated heterocycles. The van der Waals surface area contributed by atoms with Gasteiger partial charge in [0.2, 0.25) is 0 Å². The molecule has 14 heavy (non-hydrogen) atoms. The van der Waals surface area contributed by atoms with E-state index in [4.69, 9.17) is 4.74 Å². The molecule has 2 unspecified atom stereocenters. The summed E-state index contributed by atoms with van der Waals surface area (Å²) in [7, 11) is 0. The van der Waals surface area contributed by atoms with Crippen molar-refractivity contribution in [1.82, 2.24) is 0 Å². The van der Waals surface area contributed by atoms with Gasteiger partial charge in [-0.15, -0.1) is 0 Å². The number of rotatable bonds is 7. The zero-order chi connectivity index (χ0) is 10.2. The molecule has 1 aliphatic rings. The van der Waals surface area contributed by atoms with Crippen LogP contribution in [0.5, 0.6) is 0 Å². The first kappa shape index (κ1) is 12.0. The second kappa shape index (κ2) is 7.28. The van der Waals surface area contributed by atoms with Crippen molar-refractivity contribution in [3.8, 4) is 0 Å². The minimum absolute atomic E-state index is 0.711. The predicted octanol–water partition coefficient (Wildman–Crippen LogP) is 3.65. The topological polar surface area (TPSA) is 9.23 Å². The number of hydrogen-bond acceptors (Lipinski definition) is 1. The normalized spacial score (nSPS) is 27.0. The van der Waals surface area contributed by atoms with E-state index >= 15 is 0 Å². The van der Waals surface area contributed by atoms with Gasteiger partial charge in [0, 0.05) is 13.2 Å². The summed E-state index contributed by atoms with van der Waals surface area (Å²) >= 11 is 0. The molecule has 0 amide bonds. The number of hydrogen-bond donors (Lipinski definition) is 0. The van der Waals surface area contributed by atoms with Gasteiger partial charge in [0.25, 0.3) is 0 Å². The molecule has 0 aromatic rings. The summed E-state index contributed by atoms with van der Waals surface area (Å²) in [5.74, 6) is 1.54. The molecule has 0 heterocycles. The molecular weight excluding hydrogens is 172 g/mol. The van der Waals surface area contributed by atoms with Gasteiger partial charge in [0.05, 0.1) is 0 Å². The van der Waals surface area contributed by atoms with E-state index in [1.54, 1.807) is 0 Å². The molecule has 0 aliphatic heterocycles. The largest absolute Gasteiger partial charge is 0.381 e. The summed E-state index contributed by atoms with van der Waals surface area (Å²) in [4.78, 5) is 0. The summed E-state index contributed by atoms with van der Waals surface area (Å²) in [6.07, 6.45) is 9.88. The van der Waals surface area contributed by atoms with E-state index in [-0.39, 0.29) is 0 Å². The van der Waals surface area contributed by atoms with E-state index in [0.29, 0.717) is 5.92 Å². The van der Waals surface area contributed by atoms with Crippen LogP contribution in [-0.2, 0) is 4.74 Å². The van der Waals surface area contributed by atoms with E-state index < -0.39 is 0 Å². The average molecular weight is 196 g/mol. The second-order valence-electron chi connectivity index (χ2n) is 4.40. The minimum atomic E-state index is 0.711. The molecule has 1 heteroatoms. The van der Waals surface area contributed by atoms with E-state index in [0.717, 1.165) is 25.6 Å². The van der Waals surface area contributed by atoms with Gasteiger partial charge >= 0.3 is 0 Å². The lowest BCUT2D eigenvalue weighted by Gasteiger charge is -2.10. The van der Waals surface area contributed by atoms with Crippen molar-refractivity contribution in [2.24, 2.45) is 11.8 Å². The summed E-state index contributed by atoms with van der Waals surface area (Å²) in [5.41, 5.74) is 0. The fourth-order valence-electron chi connectivity index (χ4n) is 2.07. The van der Waals surface area contributed by atoms with Crippen LogP contribution in [0.4, 0.5) is 0 Å². The van der Waals surface area contributed by atoms with Crippen LogP contribution in [0.3, 0.4) is 0 Å². The monoisotopic (exact) mass is 196 g/mol. The van der Waals surface area contributed by atoms with Gasteiger partial charge in [-0.1, -0.05) is 33.1 Å². The van der Waals surface area contributed by atoms with Crippen molar-refractivity contribution >= 4 is 0 Å². The molecular formula is C13H24O. The van der Waals surface area contributed by atoms with Crippen molar-refractivity contribution < 1.29 is 4.74 Å². The second-order valence-corrected chi connectivity index (χ2v) is 4.40. The Morgan fingerprint density at radius 2 is 2.29 bits per heavy atom. The van der Waals surface area contributed by atoms with Crippen molar-refractivity contribution in [2.45, 2.75) is 45.4 Å². The molecule has 1 fully saturated rings. The first-order valence-electron chi connectivity index (χ1n) is 6.07. The maximum absolute atomic E-state index is 5.66. The molecule has 1 nitrogen and oxygen atoms in total. The maximum atomic E-state index is 5.66. The third-order valence-corrected chi connectivity index (χ3v) is 3.07. The number of ether oxygens (including phenoxy) is 1. The zero-order valence-electron chi connectivity index (χ0n) is 9.50. The van der Waals surface area contributed by atoms with E-state index in [2.05, 4.69) is 20.3 Å². The Morgan fingerprint density at radius 1 is 1.43 bits per heavy atom. The molecule has 1 aliphatic carbocycles. The third kappa shape index (κ3) is 4.45. The van der Waals surface area contributed by atoms with Crippen LogP contribution in [-0.4, -0.2) is 13.2 Å². The summed E-state index contributed by atoms with van der Waals surface area (Å²) in [6, 6.07) is 0. The lowest BCUT2D eigenvalue weighted by molar-refractivity contribution is 0.105. The van der Waals surface area contributed by atoms with Gasteiger partial charge in [-0.25, -0.2) is 0 Å². The first-order valence-corrected chi connectivity index (χ1v) is 6.07. The van der Waals surface area contributed by atoms with E-state index in [9.17, 15) is 0 Å². The average Bonchev–Trinajstić information content (AvgIpc) is 2.65. The maximum Gasteiger partial charge on any atom is 0.0497 e. The summed E-state index contributed by atoms with van der Waals surface area (Å²) in [5, 5.41) is 0. The Labute approximate surface area is 89.2 Å². The van der Waals surface area contributed by atoms with Crippen molar-refractivity contribution in [3.05, 3.63) is 13.3 Å². The van der Waals surface area contributed by atoms with Crippen molar-refractivity contribution in [1.29, 1.82) is 0 Å². The summed E-state index contributed by atoms with van der Waals surface area (Å²) in [6.45, 7) is 8.08. The molecule has 1 rings (SSSR count). The molecule has 1 saturated carbocycles. The van der Waals surface area contributed by atoms with Crippen LogP contribution < -0.4 is 0 Å². The van der Waals surface area contributed by atoms with Crippen molar-refractivity contribution in [2.75, 3.05) is 13.2 Å². The van der Waals surface area contributed by atoms with Crippen LogP contribution in [0, 0.1) is 25.2 Å². The Kier molecular flexibility index (Phi) is 6.25. The molecule has 0 spiro atoms. The Balaban J connectivity index is 1.92. The van der Waals surface area contributed by atoms with Crippen LogP contribution in [0.1, 0.15) is 45.4 Å². The fourth-order valence-corrected chi connectivity index (χ4v) is 2.07. The van der Waals surface area contributed by atoms with Crippen molar-refractivity contribution in [3.63, 3.8) is 0 Å². The van der Waals surface area contributed by atoms with E-state index in [1.807, 2.05) is 0 Å². The Morgan fingerprint density at radius 3 is 2.93 bits per heavy atom. The van der Waals surface area contributed by atoms with Gasteiger partial charge in [-0.2, -0.15) is 0 Å². The zero-order valence-corrected chi connectivity index (χ0v) is 9.50. The SMILES string of the molecule is [CH2]CC1C[CH]C(COCCCCC)C1. The third-order valence-electron chi connectivity index (χ3n) is 3.07. The standard InChI is InChI=1S/C13H24O/c1-3-5-6-9-14-11-13-8-7-12(4-2)10-13/h8,12-13H,2-7,9-11H2,1H3. The quantitative estimate of drug-likeness (QED) is 0.565. The van der Waals surface area contributed by atoms with Gasteiger partial charge in [0.15, 0.2) is 0 Å². The van der Waals surface area contributed by atoms with Gasteiger partial charge in [-0.3, -0.25) is 0 Å². The highest BCUT2D eigenvalue weighted by Gasteiger charge is 2.23. The first-order chi connectivity index (χ1) is 6.86. The highest BCUT2D eigenvalue weighted by Crippen LogP contribution is 2.31. The van der Waals surface area contributed by atoms with Crippen LogP contribution in [0.25, 0.3) is 0 Å². The van der Waals surface area contributed by atoms with Gasteiger partial charge < -0.3 is 4.74 Å². The fraction of sp³-hybridized carbons (Fsp3) is 0.846. The van der Waals surface area contributed by atoms with E-state index in [1.165, 1.54) is 32.1 Å². The molecule has 0 aromatic heterocycles. The van der Waals surface area contributed by atoms with Gasteiger partial charge in [0.1, 0.15) is 0 Å². The van der Waals surface area contributed by atoms with Gasteiger partial charge in [-0.05, 0) is 37.5 Å². The summed E-state index contributed by atoms with van der Waals surface area (Å²) < 4.78 is 5.66. The molecule has 2 atom stereocenters. The smallest absolute Gasteiger partial charge is 0.0497 e. The van der Waals surface area contributed by atoms with Crippen LogP contribution in [0.15, 0.2) is 0 Å². The Bertz CT molecular complexity index is 133. The molecule has 82 valence electrons. The Hall–Kier alpha value is -0.0400. The molecule has 0 bridgehead atoms.